The van der Waals surface area contributed by atoms with E-state index in [-0.39, 0.29) is 0 Å². The van der Waals surface area contributed by atoms with Crippen LogP contribution in [0.4, 0.5) is 0 Å². The highest BCUT2D eigenvalue weighted by Gasteiger charge is 2.19. The minimum Gasteiger partial charge on any atom is -0.355 e. The van der Waals surface area contributed by atoms with Crippen LogP contribution >= 0.6 is 0 Å². The molecule has 4 heteroatoms. The van der Waals surface area contributed by atoms with Gasteiger partial charge in [0.25, 0.3) is 0 Å². The molecule has 0 saturated carbocycles. The molecule has 354 valence electrons. The van der Waals surface area contributed by atoms with Crippen LogP contribution in [-0.2, 0) is 25.7 Å². The number of aryl methyl sites for hydroxylation is 4. The van der Waals surface area contributed by atoms with Crippen LogP contribution in [-0.4, -0.2) is 19.9 Å². The van der Waals surface area contributed by atoms with E-state index in [9.17, 15) is 0 Å². The van der Waals surface area contributed by atoms with Crippen molar-refractivity contribution in [1.82, 2.24) is 19.9 Å². The van der Waals surface area contributed by atoms with Gasteiger partial charge in [0, 0.05) is 44.3 Å². The predicted molar refractivity (Wildman–Crippen MR) is 284 cm³/mol. The maximum atomic E-state index is 5.61. The molecule has 8 bridgehead atoms. The first-order valence-corrected chi connectivity index (χ1v) is 26.8. The number of hydrogen-bond acceptors (Lipinski definition) is 2. The van der Waals surface area contributed by atoms with E-state index in [4.69, 9.17) is 9.97 Å². The summed E-state index contributed by atoms with van der Waals surface area (Å²) < 4.78 is 0. The fraction of sp³-hybridized carbons (Fsp3) is 0.667. The molecule has 0 amide bonds. The lowest BCUT2D eigenvalue weighted by Gasteiger charge is -2.14. The molecule has 2 aliphatic heterocycles. The summed E-state index contributed by atoms with van der Waals surface area (Å²) in [7, 11) is 0. The lowest BCUT2D eigenvalue weighted by molar-refractivity contribution is 0.437. The number of H-pyrrole nitrogens is 2. The summed E-state index contributed by atoms with van der Waals surface area (Å²) in [6.45, 7) is 28.7. The highest BCUT2D eigenvalue weighted by Crippen LogP contribution is 2.32. The van der Waals surface area contributed by atoms with Crippen molar-refractivity contribution in [2.75, 3.05) is 0 Å². The first-order valence-electron chi connectivity index (χ1n) is 26.8. The number of nitrogens with one attached hydrogen (secondary N) is 2. The van der Waals surface area contributed by atoms with Crippen LogP contribution in [0.5, 0.6) is 0 Å². The van der Waals surface area contributed by atoms with Gasteiger partial charge in [0.2, 0.25) is 0 Å². The van der Waals surface area contributed by atoms with Crippen molar-refractivity contribution < 1.29 is 0 Å². The molecule has 0 aromatic carbocycles. The fourth-order valence-corrected chi connectivity index (χ4v) is 10.1. The Morgan fingerprint density at radius 3 is 0.734 bits per heavy atom. The van der Waals surface area contributed by atoms with Crippen molar-refractivity contribution in [2.24, 2.45) is 47.3 Å². The lowest BCUT2D eigenvalue weighted by atomic mass is 9.94. The largest absolute Gasteiger partial charge is 0.355 e. The van der Waals surface area contributed by atoms with Gasteiger partial charge in [-0.1, -0.05) is 160 Å². The van der Waals surface area contributed by atoms with Gasteiger partial charge in [-0.2, -0.15) is 0 Å². The van der Waals surface area contributed by atoms with E-state index in [1.807, 2.05) is 0 Å². The topological polar surface area (TPSA) is 57.4 Å². The summed E-state index contributed by atoms with van der Waals surface area (Å²) in [4.78, 5) is 19.3. The van der Waals surface area contributed by atoms with Crippen molar-refractivity contribution in [3.8, 4) is 0 Å². The summed E-state index contributed by atoms with van der Waals surface area (Å²) >= 11 is 0. The monoisotopic (exact) mass is 871 g/mol. The summed E-state index contributed by atoms with van der Waals surface area (Å²) in [6, 6.07) is 9.42. The highest BCUT2D eigenvalue weighted by atomic mass is 14.8. The summed E-state index contributed by atoms with van der Waals surface area (Å²) in [6.07, 6.45) is 33.7. The average Bonchev–Trinajstić information content (AvgIpc) is 4.07. The SMILES string of the molecule is CC(C)CCC[C@H](C)CCc1c2nc(c(CC[C@@H](C)CCCC(C)C)c3ccc([nH]3)c(CC[C@@H](C)CCCC(C)C)c3nc(c(CC[C@@H](C)CCCC(C)C)c4ccc1[nH]4)C=C3)C=C2. The molecule has 0 radical (unpaired) electrons. The van der Waals surface area contributed by atoms with Crippen LogP contribution in [0.25, 0.3) is 46.4 Å². The zero-order valence-corrected chi connectivity index (χ0v) is 43.3. The van der Waals surface area contributed by atoms with Gasteiger partial charge in [-0.25, -0.2) is 9.97 Å². The molecular weight excluding hydrogens is 777 g/mol. The maximum absolute atomic E-state index is 5.61. The first-order chi connectivity index (χ1) is 30.7. The Labute approximate surface area is 392 Å². The van der Waals surface area contributed by atoms with Gasteiger partial charge >= 0.3 is 0 Å². The molecule has 64 heavy (non-hydrogen) atoms. The summed E-state index contributed by atoms with van der Waals surface area (Å²) in [5.74, 6) is 5.76. The summed E-state index contributed by atoms with van der Waals surface area (Å²) in [5.41, 5.74) is 14.8. The number of rotatable bonds is 28. The zero-order valence-electron chi connectivity index (χ0n) is 43.3. The van der Waals surface area contributed by atoms with Crippen LogP contribution < -0.4 is 0 Å². The molecule has 3 aromatic heterocycles. The van der Waals surface area contributed by atoms with E-state index < -0.39 is 0 Å². The predicted octanol–water partition coefficient (Wildman–Crippen LogP) is 18.2. The van der Waals surface area contributed by atoms with Crippen LogP contribution in [0.2, 0.25) is 0 Å². The number of hydrogen-bond donors (Lipinski definition) is 2. The van der Waals surface area contributed by atoms with Crippen molar-refractivity contribution in [3.05, 3.63) is 69.3 Å². The molecule has 0 spiro atoms. The average molecular weight is 871 g/mol. The number of fused-ring (bicyclic) bond motifs is 8. The highest BCUT2D eigenvalue weighted by molar-refractivity contribution is 5.83. The van der Waals surface area contributed by atoms with Gasteiger partial charge in [-0.15, -0.1) is 0 Å². The Morgan fingerprint density at radius 2 is 0.531 bits per heavy atom. The molecule has 0 saturated heterocycles. The Morgan fingerprint density at radius 1 is 0.312 bits per heavy atom. The van der Waals surface area contributed by atoms with E-state index in [0.717, 1.165) is 72.1 Å². The molecule has 4 atom stereocenters. The molecule has 4 nitrogen and oxygen atoms in total. The second kappa shape index (κ2) is 26.1. The van der Waals surface area contributed by atoms with Crippen molar-refractivity contribution >= 4 is 46.4 Å². The van der Waals surface area contributed by atoms with E-state index in [1.165, 1.54) is 147 Å². The fourth-order valence-electron chi connectivity index (χ4n) is 10.1. The number of aromatic amines is 2. The Balaban J connectivity index is 1.67. The molecule has 0 aliphatic carbocycles. The van der Waals surface area contributed by atoms with Crippen LogP contribution in [0.1, 0.15) is 231 Å². The van der Waals surface area contributed by atoms with E-state index in [0.29, 0.717) is 23.7 Å². The lowest BCUT2D eigenvalue weighted by Crippen LogP contribution is -2.02. The van der Waals surface area contributed by atoms with Gasteiger partial charge in [-0.05, 0) is 147 Å². The van der Waals surface area contributed by atoms with Gasteiger partial charge in [0.1, 0.15) is 0 Å². The molecule has 2 aliphatic rings. The van der Waals surface area contributed by atoms with E-state index >= 15 is 0 Å². The minimum atomic E-state index is 0.673. The zero-order chi connectivity index (χ0) is 46.2. The smallest absolute Gasteiger partial charge is 0.0690 e. The molecule has 0 unspecified atom stereocenters. The van der Waals surface area contributed by atoms with Gasteiger partial charge in [0.15, 0.2) is 0 Å². The van der Waals surface area contributed by atoms with Crippen LogP contribution in [0.15, 0.2) is 24.3 Å². The molecule has 3 aromatic rings. The van der Waals surface area contributed by atoms with Gasteiger partial charge < -0.3 is 9.97 Å². The third-order valence-corrected chi connectivity index (χ3v) is 14.7. The van der Waals surface area contributed by atoms with E-state index in [2.05, 4.69) is 142 Å². The molecular formula is C60H94N4. The Bertz CT molecular complexity index is 1800. The number of nitrogens with zero attached hydrogens (tertiary/aromatic N) is 2. The Kier molecular flexibility index (Phi) is 21.0. The molecule has 2 N–H and O–H groups in total. The van der Waals surface area contributed by atoms with Crippen LogP contribution in [0.3, 0.4) is 0 Å². The van der Waals surface area contributed by atoms with Crippen molar-refractivity contribution in [2.45, 2.75) is 212 Å². The standard InChI is InChI=1S/C60H94N4/c1-41(2)17-13-21-45(9)25-29-49-53-33-35-55(61-53)50(30-26-46(10)22-14-18-42(3)4)57-37-39-59(63-57)52(32-28-48(12)24-16-20-44(7)8)60-40-38-58(64-60)51(56-36-34-54(49)62-56)31-27-47(11)23-15-19-43(5)6/h33-48,61,64H,13-32H2,1-12H3/t45-,46-,47-,48-/m0/s1. The normalized spacial score (nSPS) is 14.8. The minimum absolute atomic E-state index is 0.673. The quantitative estimate of drug-likeness (QED) is 0.0526. The third-order valence-electron chi connectivity index (χ3n) is 14.7. The molecule has 0 fully saturated rings. The van der Waals surface area contributed by atoms with Gasteiger partial charge in [-0.3, -0.25) is 0 Å². The van der Waals surface area contributed by atoms with Gasteiger partial charge in [0.05, 0.1) is 22.8 Å². The van der Waals surface area contributed by atoms with Crippen molar-refractivity contribution in [1.29, 1.82) is 0 Å². The molecule has 5 rings (SSSR count). The van der Waals surface area contributed by atoms with Crippen LogP contribution in [0, 0.1) is 47.3 Å². The van der Waals surface area contributed by atoms with Crippen molar-refractivity contribution in [3.63, 3.8) is 0 Å². The first kappa shape index (κ1) is 51.6. The van der Waals surface area contributed by atoms with E-state index in [1.54, 1.807) is 0 Å². The molecule has 5 heterocycles. The second-order valence-electron chi connectivity index (χ2n) is 22.8. The Hall–Kier alpha value is -3.40. The summed E-state index contributed by atoms with van der Waals surface area (Å²) in [5, 5.41) is 0. The second-order valence-corrected chi connectivity index (χ2v) is 22.8. The maximum Gasteiger partial charge on any atom is 0.0690 e. The number of aromatic nitrogens is 4. The third kappa shape index (κ3) is 16.5.